The van der Waals surface area contributed by atoms with E-state index in [1.165, 1.54) is 10.8 Å². The highest BCUT2D eigenvalue weighted by molar-refractivity contribution is 8.76. The van der Waals surface area contributed by atoms with Gasteiger partial charge in [-0.2, -0.15) is 13.2 Å². The highest BCUT2D eigenvalue weighted by atomic mass is 33.1. The van der Waals surface area contributed by atoms with E-state index in [1.807, 2.05) is 6.08 Å². The third-order valence-corrected chi connectivity index (χ3v) is 5.99. The van der Waals surface area contributed by atoms with Gasteiger partial charge < -0.3 is 15.5 Å². The van der Waals surface area contributed by atoms with E-state index in [0.29, 0.717) is 25.1 Å². The zero-order valence-electron chi connectivity index (χ0n) is 15.0. The van der Waals surface area contributed by atoms with Gasteiger partial charge in [-0.05, 0) is 19.3 Å². The number of carboxylic acid groups (broad SMARTS) is 2. The molecular formula is C17H22F3NO5S2. The Labute approximate surface area is 169 Å². The largest absolute Gasteiger partial charge is 0.490 e. The number of allylic oxidation sites excluding steroid dienone is 2. The Hall–Kier alpha value is -1.80. The van der Waals surface area contributed by atoms with Gasteiger partial charge >= 0.3 is 18.1 Å². The molecule has 6 nitrogen and oxygen atoms in total. The van der Waals surface area contributed by atoms with Crippen LogP contribution in [0.15, 0.2) is 12.2 Å². The van der Waals surface area contributed by atoms with Crippen LogP contribution in [0, 0.1) is 17.8 Å². The molecule has 0 aliphatic heterocycles. The average molecular weight is 441 g/mol. The molecule has 0 aromatic heterocycles. The summed E-state index contributed by atoms with van der Waals surface area (Å²) in [6, 6.07) is 0. The van der Waals surface area contributed by atoms with Gasteiger partial charge in [0.05, 0.1) is 11.8 Å². The number of nitrogens with one attached hydrogen (secondary N) is 1. The fourth-order valence-corrected chi connectivity index (χ4v) is 4.06. The molecule has 1 aliphatic carbocycles. The standard InChI is InChI=1S/C15H21NO3S2.C2HF3O2/c1-2-7-15(8-4-3-5-9-15)14(19)16-10-12-21-20-11-6-13(17)18;3-2(4,5)1(6)7/h1,3-4H,5-12H2,(H,16,19)(H,17,18);(H,6,7). The molecule has 0 heterocycles. The van der Waals surface area contributed by atoms with Crippen LogP contribution in [0.3, 0.4) is 0 Å². The van der Waals surface area contributed by atoms with Crippen molar-refractivity contribution in [3.05, 3.63) is 12.2 Å². The fraction of sp³-hybridized carbons (Fsp3) is 0.588. The Morgan fingerprint density at radius 1 is 1.18 bits per heavy atom. The number of carboxylic acids is 2. The van der Waals surface area contributed by atoms with Crippen LogP contribution in [0.5, 0.6) is 0 Å². The van der Waals surface area contributed by atoms with E-state index in [4.69, 9.17) is 21.4 Å². The molecular weight excluding hydrogens is 419 g/mol. The first kappa shape index (κ1) is 26.2. The van der Waals surface area contributed by atoms with Crippen molar-refractivity contribution < 1.29 is 37.8 Å². The third kappa shape index (κ3) is 11.1. The molecule has 3 N–H and O–H groups in total. The first-order valence-electron chi connectivity index (χ1n) is 8.18. The molecule has 0 bridgehead atoms. The maximum atomic E-state index is 12.4. The zero-order valence-corrected chi connectivity index (χ0v) is 16.6. The summed E-state index contributed by atoms with van der Waals surface area (Å²) in [6.45, 7) is 0.583. The van der Waals surface area contributed by atoms with Crippen molar-refractivity contribution in [3.63, 3.8) is 0 Å². The normalized spacial score (nSPS) is 18.4. The van der Waals surface area contributed by atoms with Crippen molar-refractivity contribution in [2.24, 2.45) is 5.41 Å². The lowest BCUT2D eigenvalue weighted by molar-refractivity contribution is -0.192. The van der Waals surface area contributed by atoms with Gasteiger partial charge in [0.2, 0.25) is 5.91 Å². The average Bonchev–Trinajstić information content (AvgIpc) is 2.61. The van der Waals surface area contributed by atoms with E-state index in [2.05, 4.69) is 17.3 Å². The molecule has 1 unspecified atom stereocenters. The summed E-state index contributed by atoms with van der Waals surface area (Å²) in [5, 5.41) is 18.6. The van der Waals surface area contributed by atoms with E-state index in [9.17, 15) is 22.8 Å². The van der Waals surface area contributed by atoms with Crippen molar-refractivity contribution >= 4 is 39.4 Å². The Balaban J connectivity index is 0.000000887. The number of halogens is 3. The SMILES string of the molecule is C#CCC1(C(=O)NCCSSCCC(=O)O)CC=CCC1.O=C(O)C(F)(F)F. The van der Waals surface area contributed by atoms with Crippen molar-refractivity contribution in [1.82, 2.24) is 5.32 Å². The van der Waals surface area contributed by atoms with Gasteiger partial charge in [-0.1, -0.05) is 33.7 Å². The second-order valence-electron chi connectivity index (χ2n) is 5.72. The topological polar surface area (TPSA) is 104 Å². The minimum absolute atomic E-state index is 0.0425. The van der Waals surface area contributed by atoms with Gasteiger partial charge in [-0.15, -0.1) is 12.3 Å². The monoisotopic (exact) mass is 441 g/mol. The molecule has 0 fully saturated rings. The van der Waals surface area contributed by atoms with Crippen LogP contribution in [0.4, 0.5) is 13.2 Å². The predicted molar refractivity (Wildman–Crippen MR) is 103 cm³/mol. The molecule has 1 amide bonds. The number of hydrogen-bond donors (Lipinski definition) is 3. The van der Waals surface area contributed by atoms with Gasteiger partial charge in [0.25, 0.3) is 0 Å². The van der Waals surface area contributed by atoms with E-state index in [-0.39, 0.29) is 12.3 Å². The van der Waals surface area contributed by atoms with Crippen molar-refractivity contribution in [1.29, 1.82) is 0 Å². The molecule has 0 saturated carbocycles. The molecule has 158 valence electrons. The number of hydrogen-bond acceptors (Lipinski definition) is 5. The van der Waals surface area contributed by atoms with Crippen LogP contribution >= 0.6 is 21.6 Å². The maximum absolute atomic E-state index is 12.4. The summed E-state index contributed by atoms with van der Waals surface area (Å²) >= 11 is 0. The molecule has 11 heteroatoms. The molecule has 28 heavy (non-hydrogen) atoms. The van der Waals surface area contributed by atoms with Crippen LogP contribution in [-0.2, 0) is 14.4 Å². The predicted octanol–water partition coefficient (Wildman–Crippen LogP) is 3.34. The molecule has 0 aromatic carbocycles. The van der Waals surface area contributed by atoms with Crippen LogP contribution in [0.1, 0.15) is 32.1 Å². The lowest BCUT2D eigenvalue weighted by Gasteiger charge is -2.31. The summed E-state index contributed by atoms with van der Waals surface area (Å²) in [4.78, 5) is 31.6. The summed E-state index contributed by atoms with van der Waals surface area (Å²) in [7, 11) is 3.10. The van der Waals surface area contributed by atoms with E-state index in [1.54, 1.807) is 10.8 Å². The van der Waals surface area contributed by atoms with E-state index >= 15 is 0 Å². The number of carbonyl (C=O) groups excluding carboxylic acids is 1. The fourth-order valence-electron chi connectivity index (χ4n) is 2.17. The zero-order chi connectivity index (χ0) is 21.6. The molecule has 1 rings (SSSR count). The summed E-state index contributed by atoms with van der Waals surface area (Å²) < 4.78 is 31.7. The second kappa shape index (κ2) is 13.4. The molecule has 0 saturated heterocycles. The number of aliphatic carboxylic acids is 2. The quantitative estimate of drug-likeness (QED) is 0.218. The summed E-state index contributed by atoms with van der Waals surface area (Å²) in [5.74, 6) is 0.479. The van der Waals surface area contributed by atoms with E-state index in [0.717, 1.165) is 18.6 Å². The highest BCUT2D eigenvalue weighted by Crippen LogP contribution is 2.36. The lowest BCUT2D eigenvalue weighted by atomic mass is 9.74. The first-order chi connectivity index (χ1) is 13.0. The molecule has 1 atom stereocenters. The highest BCUT2D eigenvalue weighted by Gasteiger charge is 2.38. The molecule has 0 aromatic rings. The maximum Gasteiger partial charge on any atom is 0.490 e. The van der Waals surface area contributed by atoms with Gasteiger partial charge in [-0.25, -0.2) is 4.79 Å². The molecule has 0 spiro atoms. The lowest BCUT2D eigenvalue weighted by Crippen LogP contribution is -2.42. The Kier molecular flexibility index (Phi) is 12.5. The Morgan fingerprint density at radius 2 is 1.79 bits per heavy atom. The van der Waals surface area contributed by atoms with Crippen molar-refractivity contribution in [2.75, 3.05) is 18.1 Å². The second-order valence-corrected chi connectivity index (χ2v) is 8.42. The number of alkyl halides is 3. The van der Waals surface area contributed by atoms with Crippen LogP contribution in [0.2, 0.25) is 0 Å². The number of terminal acetylenes is 1. The summed E-state index contributed by atoms with van der Waals surface area (Å²) in [6.07, 6.45) is 7.52. The number of rotatable bonds is 9. The first-order valence-corrected chi connectivity index (χ1v) is 10.7. The minimum atomic E-state index is -5.08. The Bertz CT molecular complexity index is 605. The van der Waals surface area contributed by atoms with Crippen LogP contribution in [0.25, 0.3) is 0 Å². The smallest absolute Gasteiger partial charge is 0.481 e. The van der Waals surface area contributed by atoms with E-state index < -0.39 is 23.5 Å². The Morgan fingerprint density at radius 3 is 2.25 bits per heavy atom. The van der Waals surface area contributed by atoms with Crippen LogP contribution < -0.4 is 5.32 Å². The molecule has 1 aliphatic rings. The molecule has 0 radical (unpaired) electrons. The van der Waals surface area contributed by atoms with Crippen LogP contribution in [-0.4, -0.2) is 52.3 Å². The summed E-state index contributed by atoms with van der Waals surface area (Å²) in [5.41, 5.74) is -0.440. The van der Waals surface area contributed by atoms with Crippen molar-refractivity contribution in [3.8, 4) is 12.3 Å². The van der Waals surface area contributed by atoms with Gasteiger partial charge in [0, 0.05) is 24.5 Å². The van der Waals surface area contributed by atoms with Gasteiger partial charge in [-0.3, -0.25) is 9.59 Å². The van der Waals surface area contributed by atoms with Gasteiger partial charge in [0.15, 0.2) is 0 Å². The van der Waals surface area contributed by atoms with Gasteiger partial charge in [0.1, 0.15) is 0 Å². The number of carbonyl (C=O) groups is 3. The van der Waals surface area contributed by atoms with Crippen molar-refractivity contribution in [2.45, 2.75) is 38.3 Å². The third-order valence-electron chi connectivity index (χ3n) is 3.58. The number of amides is 1. The minimum Gasteiger partial charge on any atom is -0.481 e.